The molecule has 94 valence electrons. The lowest BCUT2D eigenvalue weighted by molar-refractivity contribution is 0.695. The summed E-state index contributed by atoms with van der Waals surface area (Å²) in [4.78, 5) is 1.33. The lowest BCUT2D eigenvalue weighted by Gasteiger charge is -2.01. The summed E-state index contributed by atoms with van der Waals surface area (Å²) in [5.41, 5.74) is 4.95. The second kappa shape index (κ2) is 4.82. The van der Waals surface area contributed by atoms with Gasteiger partial charge in [-0.2, -0.15) is 4.37 Å². The molecule has 18 heavy (non-hydrogen) atoms. The number of aromatic nitrogens is 1. The molecule has 0 aliphatic heterocycles. The van der Waals surface area contributed by atoms with Crippen molar-refractivity contribution in [2.45, 2.75) is 39.3 Å². The average Bonchev–Trinajstić information content (AvgIpc) is 3.02. The van der Waals surface area contributed by atoms with E-state index in [-0.39, 0.29) is 0 Å². The quantitative estimate of drug-likeness (QED) is 0.905. The lowest BCUT2D eigenvalue weighted by Crippen LogP contribution is -2.14. The van der Waals surface area contributed by atoms with Crippen LogP contribution in [0.3, 0.4) is 0 Å². The Labute approximate surface area is 112 Å². The highest BCUT2D eigenvalue weighted by Gasteiger charge is 2.20. The van der Waals surface area contributed by atoms with Gasteiger partial charge in [0.2, 0.25) is 0 Å². The zero-order chi connectivity index (χ0) is 12.5. The highest BCUT2D eigenvalue weighted by molar-refractivity contribution is 7.06. The van der Waals surface area contributed by atoms with Gasteiger partial charge in [-0.25, -0.2) is 0 Å². The number of nitrogens with one attached hydrogen (secondary N) is 1. The second-order valence-electron chi connectivity index (χ2n) is 5.21. The maximum absolute atomic E-state index is 4.57. The first-order valence-electron chi connectivity index (χ1n) is 6.48. The molecule has 0 saturated heterocycles. The summed E-state index contributed by atoms with van der Waals surface area (Å²) >= 11 is 1.61. The normalized spacial score (nSPS) is 15.0. The van der Waals surface area contributed by atoms with Crippen molar-refractivity contribution in [1.29, 1.82) is 0 Å². The number of nitrogens with zero attached hydrogens (tertiary/aromatic N) is 1. The monoisotopic (exact) mass is 258 g/mol. The van der Waals surface area contributed by atoms with Crippen LogP contribution in [0.2, 0.25) is 0 Å². The van der Waals surface area contributed by atoms with E-state index in [9.17, 15) is 0 Å². The molecule has 1 aromatic heterocycles. The molecule has 1 aliphatic rings. The Bertz CT molecular complexity index is 535. The van der Waals surface area contributed by atoms with Crippen LogP contribution >= 0.6 is 11.5 Å². The topological polar surface area (TPSA) is 24.9 Å². The molecule has 1 saturated carbocycles. The first-order chi connectivity index (χ1) is 8.70. The first kappa shape index (κ1) is 11.9. The molecule has 3 heteroatoms. The van der Waals surface area contributed by atoms with Crippen molar-refractivity contribution in [2.24, 2.45) is 0 Å². The van der Waals surface area contributed by atoms with E-state index in [1.165, 1.54) is 34.4 Å². The van der Waals surface area contributed by atoms with Crippen molar-refractivity contribution in [3.05, 3.63) is 40.3 Å². The molecule has 1 N–H and O–H groups in total. The predicted octanol–water partition coefficient (Wildman–Crippen LogP) is 3.68. The van der Waals surface area contributed by atoms with E-state index in [2.05, 4.69) is 47.8 Å². The van der Waals surface area contributed by atoms with Gasteiger partial charge in [0.05, 0.1) is 5.69 Å². The van der Waals surface area contributed by atoms with Crippen LogP contribution in [0.4, 0.5) is 0 Å². The molecular formula is C15H18N2S. The molecule has 0 atom stereocenters. The number of hydrogen-bond donors (Lipinski definition) is 1. The second-order valence-corrected chi connectivity index (χ2v) is 6.10. The molecule has 1 heterocycles. The third kappa shape index (κ3) is 2.79. The van der Waals surface area contributed by atoms with Crippen LogP contribution in [0, 0.1) is 13.8 Å². The fourth-order valence-electron chi connectivity index (χ4n) is 2.19. The Kier molecular flexibility index (Phi) is 3.18. The Morgan fingerprint density at radius 2 is 1.89 bits per heavy atom. The van der Waals surface area contributed by atoms with Crippen LogP contribution in [0.1, 0.15) is 28.8 Å². The van der Waals surface area contributed by atoms with E-state index >= 15 is 0 Å². The summed E-state index contributed by atoms with van der Waals surface area (Å²) in [6.07, 6.45) is 2.67. The molecule has 1 aliphatic carbocycles. The molecule has 0 spiro atoms. The molecule has 2 aromatic rings. The summed E-state index contributed by atoms with van der Waals surface area (Å²) in [5, 5.41) is 3.53. The van der Waals surface area contributed by atoms with Crippen molar-refractivity contribution in [2.75, 3.05) is 0 Å². The zero-order valence-electron chi connectivity index (χ0n) is 10.9. The molecule has 0 radical (unpaired) electrons. The number of rotatable bonds is 4. The summed E-state index contributed by atoms with van der Waals surface area (Å²) in [7, 11) is 0. The highest BCUT2D eigenvalue weighted by atomic mass is 32.1. The van der Waals surface area contributed by atoms with Crippen LogP contribution in [-0.2, 0) is 6.54 Å². The van der Waals surface area contributed by atoms with Crippen molar-refractivity contribution in [3.63, 3.8) is 0 Å². The predicted molar refractivity (Wildman–Crippen MR) is 76.9 cm³/mol. The molecule has 2 nitrogen and oxygen atoms in total. The Morgan fingerprint density at radius 3 is 2.56 bits per heavy atom. The van der Waals surface area contributed by atoms with E-state index in [4.69, 9.17) is 0 Å². The van der Waals surface area contributed by atoms with Gasteiger partial charge < -0.3 is 5.32 Å². The van der Waals surface area contributed by atoms with Crippen molar-refractivity contribution >= 4 is 11.5 Å². The van der Waals surface area contributed by atoms with Gasteiger partial charge in [-0.15, -0.1) is 0 Å². The fraction of sp³-hybridized carbons (Fsp3) is 0.400. The van der Waals surface area contributed by atoms with Crippen LogP contribution in [0.5, 0.6) is 0 Å². The Morgan fingerprint density at radius 1 is 1.17 bits per heavy atom. The largest absolute Gasteiger partial charge is 0.309 e. The van der Waals surface area contributed by atoms with Crippen molar-refractivity contribution in [1.82, 2.24) is 9.69 Å². The van der Waals surface area contributed by atoms with Crippen LogP contribution in [0.25, 0.3) is 11.3 Å². The van der Waals surface area contributed by atoms with Crippen LogP contribution < -0.4 is 5.32 Å². The highest BCUT2D eigenvalue weighted by Crippen LogP contribution is 2.25. The summed E-state index contributed by atoms with van der Waals surface area (Å²) in [6, 6.07) is 9.59. The summed E-state index contributed by atoms with van der Waals surface area (Å²) in [6.45, 7) is 5.24. The third-order valence-electron chi connectivity index (χ3n) is 3.22. The average molecular weight is 258 g/mol. The smallest absolute Gasteiger partial charge is 0.0844 e. The van der Waals surface area contributed by atoms with Gasteiger partial charge in [-0.1, -0.05) is 17.2 Å². The minimum Gasteiger partial charge on any atom is -0.309 e. The van der Waals surface area contributed by atoms with Gasteiger partial charge in [-0.3, -0.25) is 0 Å². The van der Waals surface area contributed by atoms with Gasteiger partial charge in [-0.05, 0) is 56.4 Å². The molecule has 3 rings (SSSR count). The van der Waals surface area contributed by atoms with E-state index in [0.717, 1.165) is 18.3 Å². The van der Waals surface area contributed by atoms with Crippen molar-refractivity contribution < 1.29 is 0 Å². The Balaban J connectivity index is 1.78. The van der Waals surface area contributed by atoms with Gasteiger partial charge in [0.25, 0.3) is 0 Å². The van der Waals surface area contributed by atoms with Gasteiger partial charge >= 0.3 is 0 Å². The van der Waals surface area contributed by atoms with Gasteiger partial charge in [0.1, 0.15) is 0 Å². The first-order valence-corrected chi connectivity index (χ1v) is 7.26. The van der Waals surface area contributed by atoms with E-state index < -0.39 is 0 Å². The lowest BCUT2D eigenvalue weighted by atomic mass is 10.1. The Hall–Kier alpha value is -1.19. The minimum absolute atomic E-state index is 0.761. The van der Waals surface area contributed by atoms with Gasteiger partial charge in [0.15, 0.2) is 0 Å². The van der Waals surface area contributed by atoms with Crippen molar-refractivity contribution in [3.8, 4) is 11.3 Å². The molecule has 0 bridgehead atoms. The molecule has 0 unspecified atom stereocenters. The maximum atomic E-state index is 4.57. The summed E-state index contributed by atoms with van der Waals surface area (Å²) in [5.74, 6) is 0. The maximum Gasteiger partial charge on any atom is 0.0844 e. The van der Waals surface area contributed by atoms with Gasteiger partial charge in [0, 0.05) is 23.0 Å². The standard InChI is InChI=1S/C15H18N2S/c1-10-5-11(2)7-12(6-10)15-8-14(18-17-15)9-16-13-3-4-13/h5-8,13,16H,3-4,9H2,1-2H3. The SMILES string of the molecule is Cc1cc(C)cc(-c2cc(CNC3CC3)sn2)c1. The molecule has 1 fully saturated rings. The summed E-state index contributed by atoms with van der Waals surface area (Å²) < 4.78 is 4.57. The zero-order valence-corrected chi connectivity index (χ0v) is 11.7. The molecule has 1 aromatic carbocycles. The van der Waals surface area contributed by atoms with E-state index in [1.807, 2.05) is 0 Å². The van der Waals surface area contributed by atoms with E-state index in [1.54, 1.807) is 11.5 Å². The van der Waals surface area contributed by atoms with Crippen LogP contribution in [0.15, 0.2) is 24.3 Å². The number of benzene rings is 1. The van der Waals surface area contributed by atoms with E-state index in [0.29, 0.717) is 0 Å². The third-order valence-corrected chi connectivity index (χ3v) is 4.00. The number of aryl methyl sites for hydroxylation is 2. The van der Waals surface area contributed by atoms with Crippen LogP contribution in [-0.4, -0.2) is 10.4 Å². The fourth-order valence-corrected chi connectivity index (χ4v) is 2.87. The molecule has 0 amide bonds. The minimum atomic E-state index is 0.761. The number of hydrogen-bond acceptors (Lipinski definition) is 3. The molecular weight excluding hydrogens is 240 g/mol.